The first-order chi connectivity index (χ1) is 13.4. The number of hydrogen-bond donors (Lipinski definition) is 0. The third-order valence-corrected chi connectivity index (χ3v) is 4.87. The Balaban J connectivity index is 1.51. The Morgan fingerprint density at radius 1 is 1.04 bits per heavy atom. The Kier molecular flexibility index (Phi) is 4.62. The van der Waals surface area contributed by atoms with E-state index in [-0.39, 0.29) is 11.6 Å². The second kappa shape index (κ2) is 7.10. The van der Waals surface area contributed by atoms with Crippen LogP contribution in [-0.4, -0.2) is 38.9 Å². The van der Waals surface area contributed by atoms with Gasteiger partial charge in [-0.3, -0.25) is 4.79 Å². The molecule has 1 atom stereocenters. The molecule has 2 aromatic carbocycles. The molecule has 0 N–H and O–H groups in total. The number of hydrogen-bond acceptors (Lipinski definition) is 3. The maximum absolute atomic E-state index is 13.2. The third-order valence-electron chi connectivity index (χ3n) is 4.87. The molecule has 1 saturated heterocycles. The van der Waals surface area contributed by atoms with E-state index in [1.54, 1.807) is 10.9 Å². The fourth-order valence-corrected chi connectivity index (χ4v) is 3.43. The average Bonchev–Trinajstić information content (AvgIpc) is 3.37. The summed E-state index contributed by atoms with van der Waals surface area (Å²) in [7, 11) is 0. The Morgan fingerprint density at radius 2 is 1.75 bits per heavy atom. The molecule has 0 bridgehead atoms. The predicted octanol–water partition coefficient (Wildman–Crippen LogP) is 4.05. The van der Waals surface area contributed by atoms with Crippen LogP contribution in [-0.2, 0) is 6.18 Å². The number of nitrogens with zero attached hydrogens (tertiary/aromatic N) is 4. The van der Waals surface area contributed by atoms with E-state index in [4.69, 9.17) is 0 Å². The lowest BCUT2D eigenvalue weighted by Gasteiger charge is -2.19. The zero-order valence-electron chi connectivity index (χ0n) is 14.8. The fraction of sp³-hybridized carbons (Fsp3) is 0.250. The van der Waals surface area contributed by atoms with Crippen LogP contribution < -0.4 is 0 Å². The van der Waals surface area contributed by atoms with Gasteiger partial charge < -0.3 is 4.90 Å². The minimum absolute atomic E-state index is 0.119. The molecular formula is C20H17F3N4O. The summed E-state index contributed by atoms with van der Waals surface area (Å²) in [5.41, 5.74) is 0.418. The molecule has 0 aliphatic carbocycles. The number of amides is 1. The van der Waals surface area contributed by atoms with Crippen molar-refractivity contribution in [3.8, 4) is 11.3 Å². The number of carbonyl (C=O) groups is 1. The zero-order chi connectivity index (χ0) is 19.7. The van der Waals surface area contributed by atoms with Gasteiger partial charge in [-0.15, -0.1) is 5.10 Å². The topological polar surface area (TPSA) is 51.0 Å². The molecular weight excluding hydrogens is 369 g/mol. The first kappa shape index (κ1) is 18.2. The minimum Gasteiger partial charge on any atom is -0.336 e. The SMILES string of the molecule is O=C(c1ccccc1C(F)(F)F)N1CCC(n2cc(-c3ccccc3)nn2)C1. The van der Waals surface area contributed by atoms with E-state index in [2.05, 4.69) is 10.3 Å². The lowest BCUT2D eigenvalue weighted by Crippen LogP contribution is -2.31. The van der Waals surface area contributed by atoms with Gasteiger partial charge in [0.15, 0.2) is 0 Å². The van der Waals surface area contributed by atoms with Crippen molar-refractivity contribution >= 4 is 5.91 Å². The molecule has 1 unspecified atom stereocenters. The van der Waals surface area contributed by atoms with Crippen molar-refractivity contribution in [2.75, 3.05) is 13.1 Å². The molecule has 1 aliphatic rings. The molecule has 0 spiro atoms. The van der Waals surface area contributed by atoms with Crippen LogP contribution in [0.1, 0.15) is 28.4 Å². The Bertz CT molecular complexity index is 984. The second-order valence-electron chi connectivity index (χ2n) is 6.69. The predicted molar refractivity (Wildman–Crippen MR) is 96.5 cm³/mol. The van der Waals surface area contributed by atoms with Gasteiger partial charge in [0.25, 0.3) is 5.91 Å². The van der Waals surface area contributed by atoms with Gasteiger partial charge in [0.1, 0.15) is 5.69 Å². The molecule has 0 saturated carbocycles. The van der Waals surface area contributed by atoms with E-state index >= 15 is 0 Å². The van der Waals surface area contributed by atoms with Crippen molar-refractivity contribution in [2.24, 2.45) is 0 Å². The largest absolute Gasteiger partial charge is 0.417 e. The number of alkyl halides is 3. The first-order valence-corrected chi connectivity index (χ1v) is 8.86. The van der Waals surface area contributed by atoms with Crippen molar-refractivity contribution in [3.05, 3.63) is 71.9 Å². The van der Waals surface area contributed by atoms with Gasteiger partial charge in [-0.1, -0.05) is 47.7 Å². The van der Waals surface area contributed by atoms with Crippen LogP contribution in [0.4, 0.5) is 13.2 Å². The Morgan fingerprint density at radius 3 is 2.50 bits per heavy atom. The lowest BCUT2D eigenvalue weighted by atomic mass is 10.1. The Hall–Kier alpha value is -3.16. The number of aromatic nitrogens is 3. The van der Waals surface area contributed by atoms with E-state index < -0.39 is 17.6 Å². The van der Waals surface area contributed by atoms with Crippen LogP contribution in [0, 0.1) is 0 Å². The third kappa shape index (κ3) is 3.49. The Labute approximate surface area is 159 Å². The first-order valence-electron chi connectivity index (χ1n) is 8.86. The second-order valence-corrected chi connectivity index (χ2v) is 6.69. The minimum atomic E-state index is -4.57. The highest BCUT2D eigenvalue weighted by molar-refractivity contribution is 5.96. The molecule has 5 nitrogen and oxygen atoms in total. The van der Waals surface area contributed by atoms with Crippen LogP contribution in [0.15, 0.2) is 60.8 Å². The van der Waals surface area contributed by atoms with Gasteiger partial charge >= 0.3 is 6.18 Å². The normalized spacial score (nSPS) is 17.1. The molecule has 4 rings (SSSR count). The zero-order valence-corrected chi connectivity index (χ0v) is 14.8. The molecule has 8 heteroatoms. The molecule has 3 aromatic rings. The molecule has 28 heavy (non-hydrogen) atoms. The van der Waals surface area contributed by atoms with E-state index in [0.29, 0.717) is 25.2 Å². The molecule has 1 fully saturated rings. The summed E-state index contributed by atoms with van der Waals surface area (Å²) in [4.78, 5) is 14.1. The van der Waals surface area contributed by atoms with Crippen molar-refractivity contribution in [1.29, 1.82) is 0 Å². The van der Waals surface area contributed by atoms with Crippen molar-refractivity contribution in [1.82, 2.24) is 19.9 Å². The average molecular weight is 386 g/mol. The van der Waals surface area contributed by atoms with Crippen LogP contribution in [0.5, 0.6) is 0 Å². The fourth-order valence-electron chi connectivity index (χ4n) is 3.43. The van der Waals surface area contributed by atoms with Crippen LogP contribution in [0.25, 0.3) is 11.3 Å². The van der Waals surface area contributed by atoms with Gasteiger partial charge in [-0.25, -0.2) is 4.68 Å². The quantitative estimate of drug-likeness (QED) is 0.682. The standard InChI is InChI=1S/C20H17F3N4O/c21-20(22,23)17-9-5-4-8-16(17)19(28)26-11-10-15(12-26)27-13-18(24-25-27)14-6-2-1-3-7-14/h1-9,13,15H,10-12H2. The number of benzene rings is 2. The van der Waals surface area contributed by atoms with Crippen molar-refractivity contribution in [2.45, 2.75) is 18.6 Å². The van der Waals surface area contributed by atoms with Gasteiger partial charge in [-0.05, 0) is 18.6 Å². The molecule has 1 aromatic heterocycles. The maximum atomic E-state index is 13.2. The number of carbonyl (C=O) groups excluding carboxylic acids is 1. The van der Waals surface area contributed by atoms with E-state index in [9.17, 15) is 18.0 Å². The summed E-state index contributed by atoms with van der Waals surface area (Å²) in [6.07, 6.45) is -2.16. The van der Waals surface area contributed by atoms with Gasteiger partial charge in [-0.2, -0.15) is 13.2 Å². The van der Waals surface area contributed by atoms with Crippen molar-refractivity contribution < 1.29 is 18.0 Å². The summed E-state index contributed by atoms with van der Waals surface area (Å²) >= 11 is 0. The highest BCUT2D eigenvalue weighted by Crippen LogP contribution is 2.33. The number of rotatable bonds is 3. The van der Waals surface area contributed by atoms with Crippen molar-refractivity contribution in [3.63, 3.8) is 0 Å². The summed E-state index contributed by atoms with van der Waals surface area (Å²) in [6.45, 7) is 0.666. The lowest BCUT2D eigenvalue weighted by molar-refractivity contribution is -0.138. The molecule has 144 valence electrons. The maximum Gasteiger partial charge on any atom is 0.417 e. The highest BCUT2D eigenvalue weighted by Gasteiger charge is 2.37. The van der Waals surface area contributed by atoms with Gasteiger partial charge in [0.2, 0.25) is 0 Å². The van der Waals surface area contributed by atoms with Crippen LogP contribution in [0.2, 0.25) is 0 Å². The number of halogens is 3. The van der Waals surface area contributed by atoms with E-state index in [1.807, 2.05) is 30.3 Å². The van der Waals surface area contributed by atoms with Crippen LogP contribution in [0.3, 0.4) is 0 Å². The molecule has 2 heterocycles. The van der Waals surface area contributed by atoms with Crippen LogP contribution >= 0.6 is 0 Å². The van der Waals surface area contributed by atoms with E-state index in [1.165, 1.54) is 23.1 Å². The summed E-state index contributed by atoms with van der Waals surface area (Å²) in [5.74, 6) is -0.612. The van der Waals surface area contributed by atoms with E-state index in [0.717, 1.165) is 11.6 Å². The molecule has 1 aliphatic heterocycles. The monoisotopic (exact) mass is 386 g/mol. The van der Waals surface area contributed by atoms with Gasteiger partial charge in [0.05, 0.1) is 23.4 Å². The smallest absolute Gasteiger partial charge is 0.336 e. The highest BCUT2D eigenvalue weighted by atomic mass is 19.4. The summed E-state index contributed by atoms with van der Waals surface area (Å²) in [6, 6.07) is 14.3. The molecule has 1 amide bonds. The summed E-state index contributed by atoms with van der Waals surface area (Å²) in [5, 5.41) is 8.31. The summed E-state index contributed by atoms with van der Waals surface area (Å²) < 4.78 is 41.3. The van der Waals surface area contributed by atoms with Gasteiger partial charge in [0, 0.05) is 18.7 Å². The molecule has 0 radical (unpaired) electrons. The number of likely N-dealkylation sites (tertiary alicyclic amines) is 1.